The second kappa shape index (κ2) is 46.6. The van der Waals surface area contributed by atoms with Gasteiger partial charge in [0.05, 0.1) is 23.8 Å². The number of aliphatic hydroxyl groups is 7. The standard InChI is InChI=1S/C101H124Cl2N13O28P/c1-51(2)20-11-9-7-8-10-12-21-74(121)107-83-86(124)88(126)91(99(135)136-6)143-100(83)142-90-71-44-56-45-72(90)139-67-31-26-55(42-63(67)102)84(122)82-98(134)111-80(93(129)105-32-19-33-113(4)5)61-46-57(118)47-69(140-101-89(127)87(125)85(123)73(50-117)141-101)75(61)60-41-53(24-29-65(60)119)78(95(131)112-82)108-96(132)79(56)109-97(133)81-62-48-59(49-70(76(62)103)144-145(114-34-13-14-35-114,115-36-15-16-37-115)116-38-17-18-39-116)138-68-43-54(25-30-66(68)120)77(104-3)94(130)106-64(92(128)110-81)40-52-22-27-58(137-71)28-23-52/h22-31,41-49,51,64,73,77-89,91,100-101,104,117,122-127H,7-21,32-40,50H2,1-6H3,(H10-,105,106,107,108,109,110,111,112,118,119,120,121,128,129,130,131,132,133,134)/p+1/t64-,73-,77+,78-,79-,80-,81+,82+,83-,84-,85-,86-,87+,88+,89+,91+,100-,101+/m1/s1. The summed E-state index contributed by atoms with van der Waals surface area (Å²) in [5.41, 5.74) is -2.16. The minimum atomic E-state index is -3.21. The number of halogens is 2. The molecule has 7 aromatic rings. The summed E-state index contributed by atoms with van der Waals surface area (Å²) in [5.74, 6) is -15.0. The van der Waals surface area contributed by atoms with Crippen LogP contribution in [0.4, 0.5) is 0 Å². The number of unbranched alkanes of at least 4 members (excludes halogenated alkanes) is 5. The van der Waals surface area contributed by atoms with E-state index < -0.39 is 245 Å². The van der Waals surface area contributed by atoms with E-state index in [9.17, 15) is 60.7 Å². The molecule has 18 rings (SSSR count). The van der Waals surface area contributed by atoms with Crippen molar-refractivity contribution in [2.45, 2.75) is 226 Å². The van der Waals surface area contributed by atoms with Crippen molar-refractivity contribution >= 4 is 84.4 Å². The summed E-state index contributed by atoms with van der Waals surface area (Å²) in [5, 5.41) is 143. The van der Waals surface area contributed by atoms with E-state index in [4.69, 9.17) is 65.6 Å². The molecule has 0 radical (unpaired) electrons. The molecule has 7 aromatic carbocycles. The van der Waals surface area contributed by atoms with Gasteiger partial charge in [0.15, 0.2) is 29.1 Å². The molecule has 11 aliphatic rings. The molecule has 5 fully saturated rings. The van der Waals surface area contributed by atoms with Gasteiger partial charge in [0.25, 0.3) is 0 Å². The Balaban J connectivity index is 0.933. The number of hydrogen-bond acceptors (Lipinski definition) is 33. The molecular weight excluding hydrogens is 1950 g/mol. The average Bonchev–Trinajstić information content (AvgIpc) is 1.63. The summed E-state index contributed by atoms with van der Waals surface area (Å²) >= 11 is 15.5. The van der Waals surface area contributed by atoms with Gasteiger partial charge in [0.2, 0.25) is 71.3 Å². The van der Waals surface area contributed by atoms with Crippen LogP contribution in [0.15, 0.2) is 115 Å². The van der Waals surface area contributed by atoms with E-state index in [2.05, 4.69) is 75.7 Å². The van der Waals surface area contributed by atoms with Gasteiger partial charge in [-0.05, 0) is 191 Å². The van der Waals surface area contributed by atoms with Gasteiger partial charge in [-0.1, -0.05) is 106 Å². The lowest BCUT2D eigenvalue weighted by molar-refractivity contribution is -0.277. The molecule has 0 aliphatic carbocycles. The van der Waals surface area contributed by atoms with E-state index in [0.717, 1.165) is 126 Å². The van der Waals surface area contributed by atoms with Gasteiger partial charge < -0.3 is 142 Å². The first kappa shape index (κ1) is 106. The quantitative estimate of drug-likeness (QED) is 0.0141. The van der Waals surface area contributed by atoms with Gasteiger partial charge in [-0.2, -0.15) is 0 Å². The van der Waals surface area contributed by atoms with Gasteiger partial charge in [-0.15, -0.1) is 14.0 Å². The summed E-state index contributed by atoms with van der Waals surface area (Å²) in [6, 6.07) is 7.80. The first-order chi connectivity index (χ1) is 69.6. The van der Waals surface area contributed by atoms with Crippen LogP contribution in [0.2, 0.25) is 10.0 Å². The number of nitrogens with one attached hydrogen (secondary N) is 9. The fourth-order valence-corrected chi connectivity index (χ4v) is 24.6. The number of benzene rings is 7. The van der Waals surface area contributed by atoms with E-state index in [1.165, 1.54) is 73.8 Å². The van der Waals surface area contributed by atoms with E-state index in [1.807, 2.05) is 4.90 Å². The second-order valence-corrected chi connectivity index (χ2v) is 42.1. The molecule has 41 nitrogen and oxygen atoms in total. The Morgan fingerprint density at radius 1 is 0.552 bits per heavy atom. The number of rotatable bonds is 27. The smallest absolute Gasteiger partial charge is 0.417 e. The number of aromatic hydroxyl groups is 3. The number of amides is 8. The van der Waals surface area contributed by atoms with Crippen LogP contribution < -0.4 is 76.1 Å². The third kappa shape index (κ3) is 23.5. The van der Waals surface area contributed by atoms with E-state index in [-0.39, 0.29) is 75.4 Å². The van der Waals surface area contributed by atoms with Crippen LogP contribution in [-0.2, 0) is 63.8 Å². The van der Waals surface area contributed by atoms with Crippen LogP contribution in [0.25, 0.3) is 11.1 Å². The highest BCUT2D eigenvalue weighted by Gasteiger charge is 2.63. The van der Waals surface area contributed by atoms with E-state index in [0.29, 0.717) is 76.6 Å². The van der Waals surface area contributed by atoms with Crippen LogP contribution in [-0.4, -0.2) is 284 Å². The number of phenolic OH excluding ortho intramolecular Hbond substituents is 3. The number of likely N-dealkylation sites (N-methyl/N-ethyl adjacent to an activating group) is 1. The highest BCUT2D eigenvalue weighted by Crippen LogP contribution is 2.71. The zero-order chi connectivity index (χ0) is 103. The molecule has 17 bridgehead atoms. The molecular formula is C101H125Cl2N13O28P+. The monoisotopic (exact) mass is 2070 g/mol. The molecule has 11 aliphatic heterocycles. The molecule has 0 aromatic heterocycles. The summed E-state index contributed by atoms with van der Waals surface area (Å²) in [6.45, 7) is 7.38. The number of ether oxygens (including phenoxy) is 8. The van der Waals surface area contributed by atoms with Gasteiger partial charge in [-0.3, -0.25) is 42.9 Å². The lowest BCUT2D eigenvalue weighted by Crippen LogP contribution is -2.66. The van der Waals surface area contributed by atoms with Crippen molar-refractivity contribution in [3.8, 4) is 80.1 Å². The van der Waals surface area contributed by atoms with Gasteiger partial charge in [0, 0.05) is 87.5 Å². The first-order valence-corrected chi connectivity index (χ1v) is 51.4. The second-order valence-electron chi connectivity index (χ2n) is 38.5. The molecule has 5 saturated heterocycles. The van der Waals surface area contributed by atoms with Crippen molar-refractivity contribution in [2.75, 3.05) is 87.2 Å². The molecule has 11 heterocycles. The summed E-state index contributed by atoms with van der Waals surface area (Å²) < 4.78 is 66.2. The molecule has 0 unspecified atom stereocenters. The lowest BCUT2D eigenvalue weighted by atomic mass is 9.89. The number of carbonyl (C=O) groups excluding carboxylic acids is 9. The Hall–Kier alpha value is -11.6. The van der Waals surface area contributed by atoms with Crippen molar-refractivity contribution < 1.29 is 137 Å². The fourth-order valence-electron chi connectivity index (χ4n) is 19.8. The molecule has 780 valence electrons. The number of carbonyl (C=O) groups is 9. The number of hydrogen-bond donors (Lipinski definition) is 19. The van der Waals surface area contributed by atoms with Gasteiger partial charge in [-0.25, -0.2) is 4.79 Å². The molecule has 18 atom stereocenters. The summed E-state index contributed by atoms with van der Waals surface area (Å²) in [6.07, 6.45) is -10.2. The number of fused-ring (bicyclic) bond motifs is 14. The number of esters is 1. The zero-order valence-electron chi connectivity index (χ0n) is 80.9. The summed E-state index contributed by atoms with van der Waals surface area (Å²) in [4.78, 5) is 145. The third-order valence-corrected chi connectivity index (χ3v) is 32.0. The first-order valence-electron chi connectivity index (χ1n) is 49.0. The molecule has 44 heteroatoms. The predicted molar refractivity (Wildman–Crippen MR) is 525 cm³/mol. The third-order valence-electron chi connectivity index (χ3n) is 27.5. The number of aliphatic hydroxyl groups excluding tert-OH is 7. The Labute approximate surface area is 847 Å². The van der Waals surface area contributed by atoms with Crippen LogP contribution in [0.1, 0.15) is 185 Å². The maximum Gasteiger partial charge on any atom is 0.417 e. The highest BCUT2D eigenvalue weighted by atomic mass is 35.5. The Bertz CT molecular complexity index is 5880. The molecule has 145 heavy (non-hydrogen) atoms. The van der Waals surface area contributed by atoms with Crippen molar-refractivity contribution in [2.24, 2.45) is 5.92 Å². The lowest BCUT2D eigenvalue weighted by Gasteiger charge is -2.41. The topological polar surface area (TPSA) is 560 Å². The minimum Gasteiger partial charge on any atom is -0.508 e. The average molecular weight is 2070 g/mol. The fraction of sp³-hybridized carbons (Fsp3) is 0.495. The van der Waals surface area contributed by atoms with Crippen LogP contribution in [0, 0.1) is 5.92 Å². The minimum absolute atomic E-state index is 0.0706. The SMILES string of the molecule is CN[C@@H]1C(=O)N[C@@H]2Cc3ccc(cc3)Oc3cc4cc(c3O[C@@H]3O[C@H](C(=O)OC)[C@@H](O)[C@H](O)[C@H]3NC(=O)CCCCCCCCC(C)C)Oc3ccc(cc3Cl)[C@@H](O)[C@@H]3NC(=O)[C@H](NC(=O)[C@@H]4NC(=O)[C@@H](NC2=O)c2cc(cc(O[P+](N4CCCC4)(N4CCCC4)N4CCCC4)c2Cl)Oc2cc1ccc2O)c1ccc(O)c(c1)-c1c(O[C@H]2O[C@H](CO)[C@@H](O)[C@H](O)[C@@H]2O)cc(O)cc1[C@H](C(=O)NCCCN(C)C)NC3=O. The van der Waals surface area contributed by atoms with Crippen LogP contribution in [0.5, 0.6) is 69.0 Å². The zero-order valence-corrected chi connectivity index (χ0v) is 83.3. The van der Waals surface area contributed by atoms with Crippen molar-refractivity contribution in [1.29, 1.82) is 0 Å². The normalized spacial score (nSPS) is 26.4. The van der Waals surface area contributed by atoms with E-state index in [1.54, 1.807) is 14.1 Å². The Morgan fingerprint density at radius 3 is 1.82 bits per heavy atom. The number of phenols is 3. The molecule has 8 amide bonds. The number of methoxy groups -OCH3 is 1. The van der Waals surface area contributed by atoms with Crippen LogP contribution >= 0.6 is 31.1 Å². The largest absolute Gasteiger partial charge is 0.508 e. The summed E-state index contributed by atoms with van der Waals surface area (Å²) in [7, 11) is 2.83. The molecule has 0 saturated carbocycles. The van der Waals surface area contributed by atoms with Crippen LogP contribution in [0.3, 0.4) is 0 Å². The van der Waals surface area contributed by atoms with E-state index >= 15 is 33.6 Å². The van der Waals surface area contributed by atoms with Crippen molar-refractivity contribution in [3.05, 3.63) is 164 Å². The number of nitrogens with zero attached hydrogens (tertiary/aromatic N) is 4. The highest BCUT2D eigenvalue weighted by molar-refractivity contribution is 7.64. The molecule has 0 spiro atoms. The maximum absolute atomic E-state index is 17.4. The van der Waals surface area contributed by atoms with Gasteiger partial charge in [0.1, 0.15) is 126 Å². The van der Waals surface area contributed by atoms with Crippen molar-refractivity contribution in [3.63, 3.8) is 0 Å². The predicted octanol–water partition coefficient (Wildman–Crippen LogP) is 6.89. The maximum atomic E-state index is 17.4. The van der Waals surface area contributed by atoms with Gasteiger partial charge >= 0.3 is 13.9 Å². The Kier molecular flexibility index (Phi) is 34.2. The van der Waals surface area contributed by atoms with Crippen molar-refractivity contribution in [1.82, 2.24) is 66.8 Å². The Morgan fingerprint density at radius 2 is 1.17 bits per heavy atom. The molecule has 19 N–H and O–H groups in total.